The molecule has 7 heteroatoms. The fourth-order valence-corrected chi connectivity index (χ4v) is 3.07. The van der Waals surface area contributed by atoms with Crippen molar-refractivity contribution in [1.82, 2.24) is 10.2 Å². The first-order valence-electron chi connectivity index (χ1n) is 10.1. The molecule has 2 aromatic rings. The quantitative estimate of drug-likeness (QED) is 0.592. The predicted octanol–water partition coefficient (Wildman–Crippen LogP) is 3.17. The summed E-state index contributed by atoms with van der Waals surface area (Å²) in [6.07, 6.45) is 0. The lowest BCUT2D eigenvalue weighted by Gasteiger charge is -2.27. The Hall–Kier alpha value is -3.19. The Morgan fingerprint density at radius 1 is 0.900 bits per heavy atom. The molecule has 160 valence electrons. The summed E-state index contributed by atoms with van der Waals surface area (Å²) >= 11 is 0. The smallest absolute Gasteiger partial charge is 0.238 e. The van der Waals surface area contributed by atoms with Crippen molar-refractivity contribution in [3.05, 3.63) is 60.2 Å². The van der Waals surface area contributed by atoms with Crippen LogP contribution in [0, 0.1) is 0 Å². The largest absolute Gasteiger partial charge is 0.348 e. The molecule has 2 rings (SSSR count). The molecule has 0 aromatic heterocycles. The van der Waals surface area contributed by atoms with E-state index in [0.717, 1.165) is 5.56 Å². The second-order valence-corrected chi connectivity index (χ2v) is 7.19. The highest BCUT2D eigenvalue weighted by Crippen LogP contribution is 2.14. The van der Waals surface area contributed by atoms with Gasteiger partial charge in [-0.05, 0) is 50.2 Å². The van der Waals surface area contributed by atoms with Crippen molar-refractivity contribution in [3.8, 4) is 0 Å². The standard InChI is InChI=1S/C23H30N4O3/c1-5-27(17(3)23(30)24-16(2)19-9-7-6-8-10-19)15-22(29)26-21-13-11-20(12-14-21)25-18(4)28/h6-14,16-17H,5,15H2,1-4H3,(H,24,30)(H,25,28)(H,26,29). The van der Waals surface area contributed by atoms with Crippen molar-refractivity contribution >= 4 is 29.1 Å². The number of nitrogens with one attached hydrogen (secondary N) is 3. The zero-order chi connectivity index (χ0) is 22.1. The number of benzene rings is 2. The Balaban J connectivity index is 1.90. The van der Waals surface area contributed by atoms with Crippen LogP contribution in [0.25, 0.3) is 0 Å². The first kappa shape index (κ1) is 23.1. The van der Waals surface area contributed by atoms with Crippen molar-refractivity contribution in [1.29, 1.82) is 0 Å². The van der Waals surface area contributed by atoms with E-state index in [1.807, 2.05) is 49.1 Å². The number of anilines is 2. The zero-order valence-corrected chi connectivity index (χ0v) is 17.9. The van der Waals surface area contributed by atoms with E-state index in [1.54, 1.807) is 31.2 Å². The monoisotopic (exact) mass is 410 g/mol. The molecule has 0 aliphatic heterocycles. The van der Waals surface area contributed by atoms with Crippen LogP contribution in [0.3, 0.4) is 0 Å². The molecule has 2 atom stereocenters. The molecule has 2 unspecified atom stereocenters. The highest BCUT2D eigenvalue weighted by atomic mass is 16.2. The maximum absolute atomic E-state index is 12.7. The average molecular weight is 411 g/mol. The Morgan fingerprint density at radius 3 is 2.00 bits per heavy atom. The van der Waals surface area contributed by atoms with Gasteiger partial charge in [-0.25, -0.2) is 0 Å². The van der Waals surface area contributed by atoms with Gasteiger partial charge in [-0.3, -0.25) is 19.3 Å². The fourth-order valence-electron chi connectivity index (χ4n) is 3.07. The van der Waals surface area contributed by atoms with Crippen molar-refractivity contribution in [2.24, 2.45) is 0 Å². The van der Waals surface area contributed by atoms with Crippen LogP contribution >= 0.6 is 0 Å². The Labute approximate surface area is 177 Å². The van der Waals surface area contributed by atoms with Gasteiger partial charge in [-0.15, -0.1) is 0 Å². The third kappa shape index (κ3) is 7.00. The highest BCUT2D eigenvalue weighted by molar-refractivity contribution is 5.93. The van der Waals surface area contributed by atoms with Gasteiger partial charge in [0.25, 0.3) is 0 Å². The summed E-state index contributed by atoms with van der Waals surface area (Å²) in [5, 5.41) is 8.51. The van der Waals surface area contributed by atoms with Gasteiger partial charge < -0.3 is 16.0 Å². The number of hydrogen-bond donors (Lipinski definition) is 3. The summed E-state index contributed by atoms with van der Waals surface area (Å²) in [5.74, 6) is -0.486. The number of likely N-dealkylation sites (N-methyl/N-ethyl adjacent to an activating group) is 1. The van der Waals surface area contributed by atoms with Gasteiger partial charge in [0, 0.05) is 18.3 Å². The first-order valence-corrected chi connectivity index (χ1v) is 10.1. The van der Waals surface area contributed by atoms with Gasteiger partial charge in [-0.1, -0.05) is 37.3 Å². The number of nitrogens with zero attached hydrogens (tertiary/aromatic N) is 1. The summed E-state index contributed by atoms with van der Waals surface area (Å²) in [6.45, 7) is 7.74. The van der Waals surface area contributed by atoms with Crippen LogP contribution in [0.5, 0.6) is 0 Å². The second kappa shape index (κ2) is 11.1. The van der Waals surface area contributed by atoms with Crippen LogP contribution in [0.1, 0.15) is 39.3 Å². The molecule has 0 radical (unpaired) electrons. The molecule has 30 heavy (non-hydrogen) atoms. The molecule has 0 spiro atoms. The molecule has 0 aliphatic rings. The normalized spacial score (nSPS) is 12.7. The van der Waals surface area contributed by atoms with E-state index in [4.69, 9.17) is 0 Å². The van der Waals surface area contributed by atoms with E-state index in [-0.39, 0.29) is 30.3 Å². The lowest BCUT2D eigenvalue weighted by molar-refractivity contribution is -0.127. The van der Waals surface area contributed by atoms with E-state index in [1.165, 1.54) is 6.92 Å². The van der Waals surface area contributed by atoms with Gasteiger partial charge in [0.2, 0.25) is 17.7 Å². The Bertz CT molecular complexity index is 853. The summed E-state index contributed by atoms with van der Waals surface area (Å²) in [6, 6.07) is 16.1. The minimum Gasteiger partial charge on any atom is -0.348 e. The molecule has 3 N–H and O–H groups in total. The van der Waals surface area contributed by atoms with Gasteiger partial charge in [0.1, 0.15) is 0 Å². The highest BCUT2D eigenvalue weighted by Gasteiger charge is 2.23. The predicted molar refractivity (Wildman–Crippen MR) is 119 cm³/mol. The molecule has 0 fully saturated rings. The van der Waals surface area contributed by atoms with Crippen LogP contribution in [0.15, 0.2) is 54.6 Å². The molecule has 2 aromatic carbocycles. The van der Waals surface area contributed by atoms with E-state index in [2.05, 4.69) is 16.0 Å². The third-order valence-corrected chi connectivity index (χ3v) is 4.83. The molecule has 0 heterocycles. The van der Waals surface area contributed by atoms with Gasteiger partial charge in [0.05, 0.1) is 18.6 Å². The van der Waals surface area contributed by atoms with E-state index >= 15 is 0 Å². The van der Waals surface area contributed by atoms with E-state index < -0.39 is 6.04 Å². The maximum Gasteiger partial charge on any atom is 0.238 e. The second-order valence-electron chi connectivity index (χ2n) is 7.19. The van der Waals surface area contributed by atoms with E-state index in [9.17, 15) is 14.4 Å². The lowest BCUT2D eigenvalue weighted by atomic mass is 10.1. The summed E-state index contributed by atoms with van der Waals surface area (Å²) in [7, 11) is 0. The van der Waals surface area contributed by atoms with Crippen LogP contribution in [-0.2, 0) is 14.4 Å². The summed E-state index contributed by atoms with van der Waals surface area (Å²) < 4.78 is 0. The topological polar surface area (TPSA) is 90.5 Å². The number of hydrogen-bond acceptors (Lipinski definition) is 4. The number of carbonyl (C=O) groups is 3. The fraction of sp³-hybridized carbons (Fsp3) is 0.348. The van der Waals surface area contributed by atoms with Crippen LogP contribution < -0.4 is 16.0 Å². The van der Waals surface area contributed by atoms with Crippen molar-refractivity contribution in [3.63, 3.8) is 0 Å². The average Bonchev–Trinajstić information content (AvgIpc) is 2.73. The number of carbonyl (C=O) groups excluding carboxylic acids is 3. The van der Waals surface area contributed by atoms with Crippen molar-refractivity contribution in [2.45, 2.75) is 39.8 Å². The van der Waals surface area contributed by atoms with Gasteiger partial charge >= 0.3 is 0 Å². The SMILES string of the molecule is CCN(CC(=O)Nc1ccc(NC(C)=O)cc1)C(C)C(=O)NC(C)c1ccccc1. The Kier molecular flexibility index (Phi) is 8.55. The lowest BCUT2D eigenvalue weighted by Crippen LogP contribution is -2.48. The molecule has 3 amide bonds. The molecule has 0 saturated heterocycles. The number of rotatable bonds is 9. The third-order valence-electron chi connectivity index (χ3n) is 4.83. The minimum atomic E-state index is -0.450. The van der Waals surface area contributed by atoms with Gasteiger partial charge in [0.15, 0.2) is 0 Å². The molecule has 0 bridgehead atoms. The first-order chi connectivity index (χ1) is 14.3. The van der Waals surface area contributed by atoms with Crippen LogP contribution in [0.4, 0.5) is 11.4 Å². The summed E-state index contributed by atoms with van der Waals surface area (Å²) in [4.78, 5) is 38.0. The minimum absolute atomic E-state index is 0.0955. The number of amides is 3. The van der Waals surface area contributed by atoms with Crippen molar-refractivity contribution < 1.29 is 14.4 Å². The van der Waals surface area contributed by atoms with Gasteiger partial charge in [-0.2, -0.15) is 0 Å². The molecule has 7 nitrogen and oxygen atoms in total. The van der Waals surface area contributed by atoms with Crippen molar-refractivity contribution in [2.75, 3.05) is 23.7 Å². The molecular weight excluding hydrogens is 380 g/mol. The molecule has 0 aliphatic carbocycles. The zero-order valence-electron chi connectivity index (χ0n) is 17.9. The Morgan fingerprint density at radius 2 is 1.47 bits per heavy atom. The summed E-state index contributed by atoms with van der Waals surface area (Å²) in [5.41, 5.74) is 2.31. The van der Waals surface area contributed by atoms with E-state index in [0.29, 0.717) is 17.9 Å². The van der Waals surface area contributed by atoms with Crippen LogP contribution in [0.2, 0.25) is 0 Å². The van der Waals surface area contributed by atoms with Crippen LogP contribution in [-0.4, -0.2) is 41.8 Å². The molecule has 0 saturated carbocycles. The molecular formula is C23H30N4O3. The maximum atomic E-state index is 12.7.